The van der Waals surface area contributed by atoms with E-state index < -0.39 is 0 Å². The van der Waals surface area contributed by atoms with Crippen LogP contribution in [0.5, 0.6) is 0 Å². The third kappa shape index (κ3) is 4.41. The molecule has 0 bridgehead atoms. The molecule has 27 heavy (non-hydrogen) atoms. The van der Waals surface area contributed by atoms with Gasteiger partial charge in [0.1, 0.15) is 11.5 Å². The molecule has 144 valence electrons. The normalized spacial score (nSPS) is 18.5. The lowest BCUT2D eigenvalue weighted by molar-refractivity contribution is -0.136. The number of nitrogens with zero attached hydrogens (tertiary/aromatic N) is 3. The fraction of sp³-hybridized carbons (Fsp3) is 0.545. The van der Waals surface area contributed by atoms with Crippen molar-refractivity contribution in [3.63, 3.8) is 0 Å². The van der Waals surface area contributed by atoms with Crippen molar-refractivity contribution < 1.29 is 9.21 Å². The average Bonchev–Trinajstić information content (AvgIpc) is 3.35. The molecule has 4 rings (SSSR count). The Kier molecular flexibility index (Phi) is 5.58. The number of benzene rings is 1. The Bertz CT molecular complexity index is 765. The van der Waals surface area contributed by atoms with E-state index in [9.17, 15) is 4.79 Å². The number of oxazole rings is 1. The summed E-state index contributed by atoms with van der Waals surface area (Å²) in [5, 5.41) is 0. The van der Waals surface area contributed by atoms with Gasteiger partial charge in [-0.25, -0.2) is 4.98 Å². The third-order valence-corrected chi connectivity index (χ3v) is 5.71. The number of carbonyl (C=O) groups is 1. The first-order chi connectivity index (χ1) is 13.2. The molecule has 0 aliphatic carbocycles. The van der Waals surface area contributed by atoms with Crippen LogP contribution in [-0.2, 0) is 30.6 Å². The van der Waals surface area contributed by atoms with E-state index >= 15 is 0 Å². The summed E-state index contributed by atoms with van der Waals surface area (Å²) in [6.07, 6.45) is 5.03. The predicted molar refractivity (Wildman–Crippen MR) is 104 cm³/mol. The molecule has 0 spiro atoms. The lowest BCUT2D eigenvalue weighted by Gasteiger charge is -2.29. The van der Waals surface area contributed by atoms with E-state index in [-0.39, 0.29) is 11.8 Å². The number of hydrogen-bond acceptors (Lipinski definition) is 4. The standard InChI is InChI=1S/C22H29N3O2/c1-17(15-24-12-5-6-13-24)22(26)25-14-11-20-19(16-25)23-21(27-20)10-9-18-7-3-2-4-8-18/h2-4,7-8,17H,5-6,9-16H2,1H3. The summed E-state index contributed by atoms with van der Waals surface area (Å²) in [4.78, 5) is 21.9. The van der Waals surface area contributed by atoms with Gasteiger partial charge in [0.2, 0.25) is 5.91 Å². The van der Waals surface area contributed by atoms with Crippen molar-refractivity contribution in [2.24, 2.45) is 5.92 Å². The molecule has 1 aromatic heterocycles. The molecule has 1 unspecified atom stereocenters. The largest absolute Gasteiger partial charge is 0.445 e. The quantitative estimate of drug-likeness (QED) is 0.787. The fourth-order valence-electron chi connectivity index (χ4n) is 4.19. The summed E-state index contributed by atoms with van der Waals surface area (Å²) < 4.78 is 5.97. The first-order valence-corrected chi connectivity index (χ1v) is 10.2. The molecule has 5 nitrogen and oxygen atoms in total. The lowest BCUT2D eigenvalue weighted by Crippen LogP contribution is -2.42. The smallest absolute Gasteiger partial charge is 0.227 e. The predicted octanol–water partition coefficient (Wildman–Crippen LogP) is 3.08. The first-order valence-electron chi connectivity index (χ1n) is 10.2. The number of rotatable bonds is 6. The Morgan fingerprint density at radius 3 is 2.70 bits per heavy atom. The van der Waals surface area contributed by atoms with E-state index in [4.69, 9.17) is 9.40 Å². The maximum atomic E-state index is 12.9. The Balaban J connectivity index is 1.33. The summed E-state index contributed by atoms with van der Waals surface area (Å²) in [5.41, 5.74) is 2.24. The zero-order chi connectivity index (χ0) is 18.6. The molecule has 3 heterocycles. The number of likely N-dealkylation sites (tertiary alicyclic amines) is 1. The third-order valence-electron chi connectivity index (χ3n) is 5.71. The molecule has 2 aromatic rings. The maximum Gasteiger partial charge on any atom is 0.227 e. The molecule has 1 fully saturated rings. The van der Waals surface area contributed by atoms with E-state index in [1.54, 1.807) is 0 Å². The Hall–Kier alpha value is -2.14. The lowest BCUT2D eigenvalue weighted by atomic mass is 10.1. The van der Waals surface area contributed by atoms with Gasteiger partial charge in [0.25, 0.3) is 0 Å². The van der Waals surface area contributed by atoms with Gasteiger partial charge < -0.3 is 14.2 Å². The van der Waals surface area contributed by atoms with E-state index in [1.807, 2.05) is 11.0 Å². The molecule has 0 radical (unpaired) electrons. The minimum absolute atomic E-state index is 0.0501. The highest BCUT2D eigenvalue weighted by molar-refractivity contribution is 5.79. The van der Waals surface area contributed by atoms with Crippen LogP contribution in [0.25, 0.3) is 0 Å². The maximum absolute atomic E-state index is 12.9. The average molecular weight is 367 g/mol. The summed E-state index contributed by atoms with van der Waals surface area (Å²) >= 11 is 0. The number of hydrogen-bond donors (Lipinski definition) is 0. The summed E-state index contributed by atoms with van der Waals surface area (Å²) in [6.45, 7) is 6.54. The van der Waals surface area contributed by atoms with Gasteiger partial charge in [-0.3, -0.25) is 4.79 Å². The SMILES string of the molecule is CC(CN1CCCC1)C(=O)N1CCc2oc(CCc3ccccc3)nc2C1. The van der Waals surface area contributed by atoms with Crippen LogP contribution in [0.4, 0.5) is 0 Å². The van der Waals surface area contributed by atoms with Gasteiger partial charge in [-0.1, -0.05) is 37.3 Å². The Morgan fingerprint density at radius 1 is 1.15 bits per heavy atom. The van der Waals surface area contributed by atoms with Gasteiger partial charge in [-0.05, 0) is 37.9 Å². The van der Waals surface area contributed by atoms with Gasteiger partial charge in [-0.2, -0.15) is 0 Å². The van der Waals surface area contributed by atoms with Crippen LogP contribution in [0.3, 0.4) is 0 Å². The Morgan fingerprint density at radius 2 is 1.93 bits per heavy atom. The molecule has 2 aliphatic heterocycles. The van der Waals surface area contributed by atoms with Gasteiger partial charge in [-0.15, -0.1) is 0 Å². The monoisotopic (exact) mass is 367 g/mol. The topological polar surface area (TPSA) is 49.6 Å². The zero-order valence-corrected chi connectivity index (χ0v) is 16.2. The van der Waals surface area contributed by atoms with Crippen LogP contribution in [0, 0.1) is 5.92 Å². The Labute approximate surface area is 161 Å². The van der Waals surface area contributed by atoms with Crippen molar-refractivity contribution in [2.45, 2.75) is 45.6 Å². The number of aromatic nitrogens is 1. The second-order valence-electron chi connectivity index (χ2n) is 7.88. The van der Waals surface area contributed by atoms with Crippen molar-refractivity contribution in [3.8, 4) is 0 Å². The number of fused-ring (bicyclic) bond motifs is 1. The molecule has 1 aromatic carbocycles. The van der Waals surface area contributed by atoms with Gasteiger partial charge in [0, 0.05) is 31.8 Å². The van der Waals surface area contributed by atoms with Crippen LogP contribution in [0.15, 0.2) is 34.7 Å². The first kappa shape index (κ1) is 18.2. The van der Waals surface area contributed by atoms with Gasteiger partial charge in [0.05, 0.1) is 6.54 Å². The van der Waals surface area contributed by atoms with Crippen molar-refractivity contribution in [1.82, 2.24) is 14.8 Å². The van der Waals surface area contributed by atoms with E-state index in [0.717, 1.165) is 62.8 Å². The van der Waals surface area contributed by atoms with Crippen molar-refractivity contribution >= 4 is 5.91 Å². The summed E-state index contributed by atoms with van der Waals surface area (Å²) in [7, 11) is 0. The molecule has 0 N–H and O–H groups in total. The number of aryl methyl sites for hydroxylation is 2. The second kappa shape index (κ2) is 8.26. The molecule has 2 aliphatic rings. The summed E-state index contributed by atoms with van der Waals surface area (Å²) in [5.74, 6) is 2.06. The molecular weight excluding hydrogens is 338 g/mol. The molecule has 1 saturated heterocycles. The highest BCUT2D eigenvalue weighted by Crippen LogP contribution is 2.22. The minimum Gasteiger partial charge on any atom is -0.445 e. The fourth-order valence-corrected chi connectivity index (χ4v) is 4.19. The van der Waals surface area contributed by atoms with Gasteiger partial charge in [0.15, 0.2) is 5.89 Å². The second-order valence-corrected chi connectivity index (χ2v) is 7.88. The highest BCUT2D eigenvalue weighted by atomic mass is 16.4. The van der Waals surface area contributed by atoms with Crippen LogP contribution < -0.4 is 0 Å². The van der Waals surface area contributed by atoms with E-state index in [2.05, 4.69) is 36.1 Å². The summed E-state index contributed by atoms with van der Waals surface area (Å²) in [6, 6.07) is 10.4. The van der Waals surface area contributed by atoms with Crippen LogP contribution in [-0.4, -0.2) is 46.9 Å². The molecule has 1 amide bonds. The molecule has 5 heteroatoms. The molecule has 1 atom stereocenters. The van der Waals surface area contributed by atoms with Crippen LogP contribution in [0.2, 0.25) is 0 Å². The van der Waals surface area contributed by atoms with Crippen molar-refractivity contribution in [2.75, 3.05) is 26.2 Å². The van der Waals surface area contributed by atoms with Crippen LogP contribution >= 0.6 is 0 Å². The van der Waals surface area contributed by atoms with E-state index in [0.29, 0.717) is 6.54 Å². The molecule has 0 saturated carbocycles. The van der Waals surface area contributed by atoms with Gasteiger partial charge >= 0.3 is 0 Å². The van der Waals surface area contributed by atoms with Crippen molar-refractivity contribution in [1.29, 1.82) is 0 Å². The number of carbonyl (C=O) groups excluding carboxylic acids is 1. The van der Waals surface area contributed by atoms with Crippen molar-refractivity contribution in [3.05, 3.63) is 53.2 Å². The highest BCUT2D eigenvalue weighted by Gasteiger charge is 2.29. The zero-order valence-electron chi connectivity index (χ0n) is 16.2. The number of amides is 1. The molecular formula is C22H29N3O2. The van der Waals surface area contributed by atoms with E-state index in [1.165, 1.54) is 18.4 Å². The van der Waals surface area contributed by atoms with Crippen LogP contribution in [0.1, 0.15) is 42.7 Å². The minimum atomic E-state index is 0.0501.